The van der Waals surface area contributed by atoms with Crippen LogP contribution in [-0.4, -0.2) is 33.8 Å². The predicted molar refractivity (Wildman–Crippen MR) is 78.1 cm³/mol. The third kappa shape index (κ3) is 4.66. The summed E-state index contributed by atoms with van der Waals surface area (Å²) >= 11 is 0. The Balaban J connectivity index is 2.65. The van der Waals surface area contributed by atoms with Crippen LogP contribution in [-0.2, 0) is 10.0 Å². The van der Waals surface area contributed by atoms with Gasteiger partial charge in [-0.2, -0.15) is 0 Å². The van der Waals surface area contributed by atoms with Gasteiger partial charge in [-0.05, 0) is 30.9 Å². The standard InChI is InChI=1S/C13H22N2O4S/c1-10(9-16)4-3-7-15-20(17,18)13-6-5-11(19-2)8-12(13)14/h5-6,8,10,15-16H,3-4,7,9,14H2,1-2H3. The SMILES string of the molecule is COc1ccc(S(=O)(=O)NCCCC(C)CO)c(N)c1. The van der Waals surface area contributed by atoms with Crippen LogP contribution < -0.4 is 15.2 Å². The first-order chi connectivity index (χ1) is 9.40. The van der Waals surface area contributed by atoms with E-state index in [0.29, 0.717) is 18.7 Å². The second kappa shape index (κ2) is 7.47. The fraction of sp³-hybridized carbons (Fsp3) is 0.538. The molecule has 0 spiro atoms. The van der Waals surface area contributed by atoms with Crippen molar-refractivity contribution in [1.29, 1.82) is 0 Å². The molecule has 0 bridgehead atoms. The van der Waals surface area contributed by atoms with Crippen molar-refractivity contribution in [1.82, 2.24) is 4.72 Å². The molecule has 7 heteroatoms. The Morgan fingerprint density at radius 3 is 2.70 bits per heavy atom. The summed E-state index contributed by atoms with van der Waals surface area (Å²) in [6.45, 7) is 2.34. The predicted octanol–water partition coefficient (Wildman–Crippen LogP) is 0.964. The largest absolute Gasteiger partial charge is 0.497 e. The highest BCUT2D eigenvalue weighted by Gasteiger charge is 2.17. The van der Waals surface area contributed by atoms with Gasteiger partial charge in [0.15, 0.2) is 0 Å². The molecule has 0 amide bonds. The van der Waals surface area contributed by atoms with E-state index in [2.05, 4.69) is 4.72 Å². The number of hydrogen-bond acceptors (Lipinski definition) is 5. The number of methoxy groups -OCH3 is 1. The van der Waals surface area contributed by atoms with Crippen LogP contribution >= 0.6 is 0 Å². The monoisotopic (exact) mass is 302 g/mol. The lowest BCUT2D eigenvalue weighted by atomic mass is 10.1. The molecule has 0 aliphatic rings. The normalized spacial score (nSPS) is 13.2. The number of anilines is 1. The summed E-state index contributed by atoms with van der Waals surface area (Å²) in [4.78, 5) is 0.0495. The van der Waals surface area contributed by atoms with Gasteiger partial charge in [-0.15, -0.1) is 0 Å². The van der Waals surface area contributed by atoms with Gasteiger partial charge in [0.2, 0.25) is 10.0 Å². The first-order valence-electron chi connectivity index (χ1n) is 6.44. The molecule has 0 heterocycles. The zero-order valence-corrected chi connectivity index (χ0v) is 12.6. The number of nitrogen functional groups attached to an aromatic ring is 1. The van der Waals surface area contributed by atoms with Gasteiger partial charge in [0.1, 0.15) is 10.6 Å². The summed E-state index contributed by atoms with van der Waals surface area (Å²) in [5.74, 6) is 0.684. The van der Waals surface area contributed by atoms with Crippen LogP contribution in [0.2, 0.25) is 0 Å². The molecule has 1 aromatic rings. The van der Waals surface area contributed by atoms with Crippen LogP contribution in [0.3, 0.4) is 0 Å². The molecule has 1 aromatic carbocycles. The first kappa shape index (κ1) is 16.7. The molecule has 0 aliphatic carbocycles. The Bertz CT molecular complexity index is 531. The summed E-state index contributed by atoms with van der Waals surface area (Å²) < 4.78 is 31.7. The Morgan fingerprint density at radius 1 is 1.45 bits per heavy atom. The van der Waals surface area contributed by atoms with Crippen molar-refractivity contribution in [3.63, 3.8) is 0 Å². The Morgan fingerprint density at radius 2 is 2.15 bits per heavy atom. The minimum atomic E-state index is -3.61. The van der Waals surface area contributed by atoms with Gasteiger partial charge in [0, 0.05) is 19.2 Å². The van der Waals surface area contributed by atoms with Gasteiger partial charge in [-0.25, -0.2) is 13.1 Å². The highest BCUT2D eigenvalue weighted by atomic mass is 32.2. The summed E-state index contributed by atoms with van der Waals surface area (Å²) in [5.41, 5.74) is 5.88. The van der Waals surface area contributed by atoms with Crippen molar-refractivity contribution in [2.75, 3.05) is 26.0 Å². The Hall–Kier alpha value is -1.31. The number of nitrogens with one attached hydrogen (secondary N) is 1. The maximum atomic E-state index is 12.1. The number of sulfonamides is 1. The van der Waals surface area contributed by atoms with Crippen molar-refractivity contribution in [3.8, 4) is 5.75 Å². The second-order valence-corrected chi connectivity index (χ2v) is 6.47. The minimum Gasteiger partial charge on any atom is -0.497 e. The van der Waals surface area contributed by atoms with E-state index < -0.39 is 10.0 Å². The highest BCUT2D eigenvalue weighted by Crippen LogP contribution is 2.23. The lowest BCUT2D eigenvalue weighted by Gasteiger charge is -2.11. The van der Waals surface area contributed by atoms with E-state index in [-0.39, 0.29) is 23.1 Å². The summed E-state index contributed by atoms with van der Waals surface area (Å²) in [7, 11) is -2.12. The van der Waals surface area contributed by atoms with Crippen molar-refractivity contribution in [2.45, 2.75) is 24.7 Å². The zero-order valence-electron chi connectivity index (χ0n) is 11.8. The molecule has 0 aliphatic heterocycles. The Labute approximate surface area is 120 Å². The number of benzene rings is 1. The molecule has 0 aromatic heterocycles. The molecule has 1 atom stereocenters. The minimum absolute atomic E-state index is 0.0495. The number of aliphatic hydroxyl groups excluding tert-OH is 1. The van der Waals surface area contributed by atoms with Crippen LogP contribution in [0.15, 0.2) is 23.1 Å². The van der Waals surface area contributed by atoms with Crippen LogP contribution in [0.4, 0.5) is 5.69 Å². The van der Waals surface area contributed by atoms with E-state index in [4.69, 9.17) is 15.6 Å². The van der Waals surface area contributed by atoms with Crippen LogP contribution in [0.1, 0.15) is 19.8 Å². The summed E-state index contributed by atoms with van der Waals surface area (Å²) in [6, 6.07) is 4.45. The molecular formula is C13H22N2O4S. The van der Waals surface area contributed by atoms with Gasteiger partial charge in [-0.1, -0.05) is 6.92 Å². The molecule has 1 unspecified atom stereocenters. The molecule has 4 N–H and O–H groups in total. The van der Waals surface area contributed by atoms with Gasteiger partial charge in [-0.3, -0.25) is 0 Å². The third-order valence-electron chi connectivity index (χ3n) is 2.98. The van der Waals surface area contributed by atoms with Gasteiger partial charge in [0.05, 0.1) is 12.8 Å². The van der Waals surface area contributed by atoms with Crippen LogP contribution in [0, 0.1) is 5.92 Å². The van der Waals surface area contributed by atoms with E-state index in [1.165, 1.54) is 19.2 Å². The molecule has 0 fully saturated rings. The average molecular weight is 302 g/mol. The first-order valence-corrected chi connectivity index (χ1v) is 7.93. The summed E-state index contributed by atoms with van der Waals surface area (Å²) in [6.07, 6.45) is 1.42. The van der Waals surface area contributed by atoms with Crippen LogP contribution in [0.5, 0.6) is 5.75 Å². The van der Waals surface area contributed by atoms with Gasteiger partial charge >= 0.3 is 0 Å². The highest BCUT2D eigenvalue weighted by molar-refractivity contribution is 7.89. The molecule has 20 heavy (non-hydrogen) atoms. The number of nitrogens with two attached hydrogens (primary N) is 1. The average Bonchev–Trinajstić information content (AvgIpc) is 2.42. The van der Waals surface area contributed by atoms with Crippen molar-refractivity contribution in [3.05, 3.63) is 18.2 Å². The fourth-order valence-corrected chi connectivity index (χ4v) is 2.91. The lowest BCUT2D eigenvalue weighted by molar-refractivity contribution is 0.228. The molecule has 1 rings (SSSR count). The number of ether oxygens (including phenoxy) is 1. The number of aliphatic hydroxyl groups is 1. The van der Waals surface area contributed by atoms with Crippen molar-refractivity contribution < 1.29 is 18.3 Å². The number of rotatable bonds is 8. The molecule has 6 nitrogen and oxygen atoms in total. The van der Waals surface area contributed by atoms with E-state index in [1.54, 1.807) is 6.07 Å². The number of hydrogen-bond donors (Lipinski definition) is 3. The smallest absolute Gasteiger partial charge is 0.242 e. The second-order valence-electron chi connectivity index (χ2n) is 4.73. The molecule has 0 saturated carbocycles. The van der Waals surface area contributed by atoms with Crippen LogP contribution in [0.25, 0.3) is 0 Å². The molecule has 0 saturated heterocycles. The lowest BCUT2D eigenvalue weighted by Crippen LogP contribution is -2.26. The van der Waals surface area contributed by atoms with Gasteiger partial charge in [0.25, 0.3) is 0 Å². The van der Waals surface area contributed by atoms with Gasteiger partial charge < -0.3 is 15.6 Å². The quantitative estimate of drug-likeness (QED) is 0.490. The maximum Gasteiger partial charge on any atom is 0.242 e. The Kier molecular flexibility index (Phi) is 6.25. The van der Waals surface area contributed by atoms with E-state index in [0.717, 1.165) is 6.42 Å². The van der Waals surface area contributed by atoms with Crippen molar-refractivity contribution >= 4 is 15.7 Å². The fourth-order valence-electron chi connectivity index (χ4n) is 1.72. The maximum absolute atomic E-state index is 12.1. The van der Waals surface area contributed by atoms with Crippen molar-refractivity contribution in [2.24, 2.45) is 5.92 Å². The molecule has 114 valence electrons. The zero-order chi connectivity index (χ0) is 15.2. The third-order valence-corrected chi connectivity index (χ3v) is 4.52. The topological polar surface area (TPSA) is 102 Å². The molecular weight excluding hydrogens is 280 g/mol. The van der Waals surface area contributed by atoms with E-state index >= 15 is 0 Å². The summed E-state index contributed by atoms with van der Waals surface area (Å²) in [5, 5.41) is 8.89. The van der Waals surface area contributed by atoms with E-state index in [1.807, 2.05) is 6.92 Å². The van der Waals surface area contributed by atoms with E-state index in [9.17, 15) is 8.42 Å². The molecule has 0 radical (unpaired) electrons.